The van der Waals surface area contributed by atoms with Crippen molar-refractivity contribution in [1.82, 2.24) is 4.98 Å². The first-order valence-electron chi connectivity index (χ1n) is 10.8. The number of nitrogens with two attached hydrogens (primary N) is 1. The predicted molar refractivity (Wildman–Crippen MR) is 141 cm³/mol. The van der Waals surface area contributed by atoms with Gasteiger partial charge in [0.2, 0.25) is 0 Å². The third-order valence-corrected chi connectivity index (χ3v) is 6.78. The molecule has 0 bridgehead atoms. The highest BCUT2D eigenvalue weighted by molar-refractivity contribution is 7.21. The van der Waals surface area contributed by atoms with E-state index in [1.54, 1.807) is 7.11 Å². The van der Waals surface area contributed by atoms with Crippen molar-refractivity contribution in [2.24, 2.45) is 0 Å². The maximum Gasteiger partial charge on any atom is 0.267 e. The summed E-state index contributed by atoms with van der Waals surface area (Å²) in [5.74, 6) is 0.538. The molecule has 0 aliphatic heterocycles. The van der Waals surface area contributed by atoms with E-state index in [2.05, 4.69) is 36.5 Å². The Morgan fingerprint density at radius 2 is 1.62 bits per heavy atom. The number of carbonyl (C=O) groups excluding carboxylic acids is 1. The van der Waals surface area contributed by atoms with Crippen molar-refractivity contribution in [3.63, 3.8) is 0 Å². The smallest absolute Gasteiger partial charge is 0.267 e. The van der Waals surface area contributed by atoms with E-state index < -0.39 is 0 Å². The summed E-state index contributed by atoms with van der Waals surface area (Å²) in [6, 6.07) is 27.5. The number of pyridine rings is 1. The number of methoxy groups -OCH3 is 1. The predicted octanol–water partition coefficient (Wildman–Crippen LogP) is 6.78. The molecule has 168 valence electrons. The number of carbonyl (C=O) groups is 1. The van der Waals surface area contributed by atoms with E-state index in [0.29, 0.717) is 10.6 Å². The Morgan fingerprint density at radius 3 is 2.29 bits per heavy atom. The van der Waals surface area contributed by atoms with E-state index in [1.807, 2.05) is 60.7 Å². The molecule has 5 rings (SSSR count). The topological polar surface area (TPSA) is 77.2 Å². The summed E-state index contributed by atoms with van der Waals surface area (Å²) in [6.07, 6.45) is 0. The van der Waals surface area contributed by atoms with Gasteiger partial charge in [0.1, 0.15) is 15.5 Å². The zero-order valence-corrected chi connectivity index (χ0v) is 19.6. The normalized spacial score (nSPS) is 10.9. The van der Waals surface area contributed by atoms with Gasteiger partial charge >= 0.3 is 0 Å². The van der Waals surface area contributed by atoms with E-state index in [0.717, 1.165) is 44.0 Å². The van der Waals surface area contributed by atoms with Gasteiger partial charge in [0.15, 0.2) is 0 Å². The van der Waals surface area contributed by atoms with Gasteiger partial charge in [-0.15, -0.1) is 11.3 Å². The van der Waals surface area contributed by atoms with E-state index >= 15 is 0 Å². The van der Waals surface area contributed by atoms with Crippen LogP contribution in [0.15, 0.2) is 84.9 Å². The number of benzene rings is 3. The number of nitrogen functional groups attached to an aromatic ring is 1. The Hall–Kier alpha value is -4.16. The summed E-state index contributed by atoms with van der Waals surface area (Å²) < 4.78 is 5.29. The molecular weight excluding hydrogens is 442 g/mol. The monoisotopic (exact) mass is 465 g/mol. The van der Waals surface area contributed by atoms with Crippen molar-refractivity contribution in [2.75, 3.05) is 18.2 Å². The number of rotatable bonds is 5. The molecule has 3 aromatic carbocycles. The number of hydrogen-bond acceptors (Lipinski definition) is 5. The number of nitrogens with one attached hydrogen (secondary N) is 1. The molecule has 0 fully saturated rings. The van der Waals surface area contributed by atoms with Crippen LogP contribution >= 0.6 is 11.3 Å². The molecule has 0 saturated heterocycles. The van der Waals surface area contributed by atoms with Gasteiger partial charge in [0.25, 0.3) is 5.91 Å². The van der Waals surface area contributed by atoms with Crippen molar-refractivity contribution < 1.29 is 9.53 Å². The molecule has 0 spiro atoms. The summed E-state index contributed by atoms with van der Waals surface area (Å²) in [5, 5.41) is 3.73. The summed E-state index contributed by atoms with van der Waals surface area (Å²) in [7, 11) is 1.64. The highest BCUT2D eigenvalue weighted by Gasteiger charge is 2.22. The Kier molecular flexibility index (Phi) is 5.74. The zero-order valence-electron chi connectivity index (χ0n) is 18.8. The minimum atomic E-state index is -0.243. The second kappa shape index (κ2) is 9.00. The second-order valence-electron chi connectivity index (χ2n) is 7.99. The van der Waals surface area contributed by atoms with Crippen LogP contribution in [0, 0.1) is 6.92 Å². The number of para-hydroxylation sites is 1. The number of ether oxygens (including phenoxy) is 1. The number of amides is 1. The maximum atomic E-state index is 13.1. The lowest BCUT2D eigenvalue weighted by Crippen LogP contribution is -2.11. The van der Waals surface area contributed by atoms with Gasteiger partial charge in [-0.1, -0.05) is 48.0 Å². The van der Waals surface area contributed by atoms with Crippen molar-refractivity contribution in [1.29, 1.82) is 0 Å². The fraction of sp³-hybridized carbons (Fsp3) is 0.0714. The van der Waals surface area contributed by atoms with Gasteiger partial charge in [-0.25, -0.2) is 4.98 Å². The summed E-state index contributed by atoms with van der Waals surface area (Å²) in [4.78, 5) is 19.2. The van der Waals surface area contributed by atoms with Crippen LogP contribution in [0.4, 0.5) is 11.4 Å². The van der Waals surface area contributed by atoms with Gasteiger partial charge in [-0.3, -0.25) is 4.79 Å². The van der Waals surface area contributed by atoms with Gasteiger partial charge in [0, 0.05) is 16.6 Å². The quantitative estimate of drug-likeness (QED) is 0.300. The first kappa shape index (κ1) is 21.7. The number of fused-ring (bicyclic) bond motifs is 1. The number of aromatic nitrogens is 1. The fourth-order valence-electron chi connectivity index (χ4n) is 3.87. The van der Waals surface area contributed by atoms with Crippen LogP contribution in [0.5, 0.6) is 5.75 Å². The number of anilines is 2. The summed E-state index contributed by atoms with van der Waals surface area (Å²) in [6.45, 7) is 2.06. The lowest BCUT2D eigenvalue weighted by molar-refractivity contribution is 0.103. The standard InChI is InChI=1S/C28H23N3O2S/c1-17-8-10-18(11-9-17)22-16-23(19-12-14-21(33-2)15-13-19)31-28-24(22)25(29)26(34-28)27(32)30-20-6-4-3-5-7-20/h3-16H,29H2,1-2H3,(H,30,32). The average molecular weight is 466 g/mol. The molecule has 0 atom stereocenters. The third-order valence-electron chi connectivity index (χ3n) is 5.69. The average Bonchev–Trinajstić information content (AvgIpc) is 3.21. The van der Waals surface area contributed by atoms with Crippen molar-refractivity contribution >= 4 is 38.8 Å². The molecule has 5 aromatic rings. The fourth-order valence-corrected chi connectivity index (χ4v) is 4.88. The van der Waals surface area contributed by atoms with Crippen LogP contribution in [-0.4, -0.2) is 18.0 Å². The molecule has 0 unspecified atom stereocenters. The van der Waals surface area contributed by atoms with Crippen molar-refractivity contribution in [2.45, 2.75) is 6.92 Å². The molecule has 0 aliphatic carbocycles. The Balaban J connectivity index is 1.67. The van der Waals surface area contributed by atoms with Crippen LogP contribution in [-0.2, 0) is 0 Å². The molecule has 5 nitrogen and oxygen atoms in total. The van der Waals surface area contributed by atoms with Gasteiger partial charge in [-0.2, -0.15) is 0 Å². The highest BCUT2D eigenvalue weighted by atomic mass is 32.1. The summed E-state index contributed by atoms with van der Waals surface area (Å²) >= 11 is 1.31. The molecule has 6 heteroatoms. The Morgan fingerprint density at radius 1 is 0.941 bits per heavy atom. The number of aryl methyl sites for hydroxylation is 1. The van der Waals surface area contributed by atoms with E-state index in [9.17, 15) is 4.79 Å². The SMILES string of the molecule is COc1ccc(-c2cc(-c3ccc(C)cc3)c3c(N)c(C(=O)Nc4ccccc4)sc3n2)cc1. The minimum absolute atomic E-state index is 0.243. The first-order valence-corrected chi connectivity index (χ1v) is 11.7. The molecule has 2 heterocycles. The van der Waals surface area contributed by atoms with Gasteiger partial charge in [-0.05, 0) is 60.5 Å². The molecule has 1 amide bonds. The Bertz CT molecular complexity index is 1470. The number of thiophene rings is 1. The molecule has 2 aromatic heterocycles. The van der Waals surface area contributed by atoms with Crippen LogP contribution in [0.25, 0.3) is 32.6 Å². The van der Waals surface area contributed by atoms with Crippen molar-refractivity contribution in [3.05, 3.63) is 95.4 Å². The second-order valence-corrected chi connectivity index (χ2v) is 8.99. The largest absolute Gasteiger partial charge is 0.497 e. The molecule has 0 radical (unpaired) electrons. The maximum absolute atomic E-state index is 13.1. The molecule has 0 saturated carbocycles. The Labute approximate surface area is 201 Å². The number of hydrogen-bond donors (Lipinski definition) is 2. The lowest BCUT2D eigenvalue weighted by Gasteiger charge is -2.10. The summed E-state index contributed by atoms with van der Waals surface area (Å²) in [5.41, 5.74) is 12.6. The number of nitrogens with zero attached hydrogens (tertiary/aromatic N) is 1. The van der Waals surface area contributed by atoms with Gasteiger partial charge < -0.3 is 15.8 Å². The van der Waals surface area contributed by atoms with Crippen molar-refractivity contribution in [3.8, 4) is 28.1 Å². The first-order chi connectivity index (χ1) is 16.5. The van der Waals surface area contributed by atoms with Gasteiger partial charge in [0.05, 0.1) is 18.5 Å². The third kappa shape index (κ3) is 4.11. The minimum Gasteiger partial charge on any atom is -0.497 e. The van der Waals surface area contributed by atoms with E-state index in [4.69, 9.17) is 15.5 Å². The molecule has 3 N–H and O–H groups in total. The van der Waals surface area contributed by atoms with Crippen LogP contribution in [0.2, 0.25) is 0 Å². The molecule has 34 heavy (non-hydrogen) atoms. The van der Waals surface area contributed by atoms with E-state index in [1.165, 1.54) is 16.9 Å². The molecule has 0 aliphatic rings. The van der Waals surface area contributed by atoms with E-state index in [-0.39, 0.29) is 5.91 Å². The lowest BCUT2D eigenvalue weighted by atomic mass is 9.98. The van der Waals surface area contributed by atoms with Crippen LogP contribution in [0.3, 0.4) is 0 Å². The van der Waals surface area contributed by atoms with Crippen LogP contribution in [0.1, 0.15) is 15.2 Å². The highest BCUT2D eigenvalue weighted by Crippen LogP contribution is 2.41. The zero-order chi connectivity index (χ0) is 23.7. The van der Waals surface area contributed by atoms with Crippen LogP contribution < -0.4 is 15.8 Å². The molecular formula is C28H23N3O2S.